The normalized spacial score (nSPS) is 18.4. The van der Waals surface area contributed by atoms with Crippen molar-refractivity contribution in [2.75, 3.05) is 38.3 Å². The number of rotatable bonds is 7. The number of pyridine rings is 1. The highest BCUT2D eigenvalue weighted by Crippen LogP contribution is 2.40. The van der Waals surface area contributed by atoms with Gasteiger partial charge in [-0.1, -0.05) is 46.3 Å². The van der Waals surface area contributed by atoms with Gasteiger partial charge in [0.15, 0.2) is 0 Å². The standard InChI is InChI=1S/C30H32BrN3O3/c1-20(35-2)29-27(16-25(17-32-29)33-8-10-36-11-9-33)28-15-23-13-24(31)12-22-14-26(18-34(28)30(22)23)37-19-21-6-4-3-5-7-21/h3-7,12-13,15-17,20,26H,8-11,14,18-19H2,1-2H3/t20-,26?/m0/s1. The van der Waals surface area contributed by atoms with Gasteiger partial charge in [-0.05, 0) is 42.3 Å². The van der Waals surface area contributed by atoms with Crippen molar-refractivity contribution in [1.29, 1.82) is 0 Å². The van der Waals surface area contributed by atoms with Gasteiger partial charge in [-0.2, -0.15) is 0 Å². The highest BCUT2D eigenvalue weighted by atomic mass is 79.9. The fraction of sp³-hybridized carbons (Fsp3) is 0.367. The molecule has 0 radical (unpaired) electrons. The van der Waals surface area contributed by atoms with Gasteiger partial charge in [0.1, 0.15) is 0 Å². The second kappa shape index (κ2) is 10.6. The fourth-order valence-corrected chi connectivity index (χ4v) is 6.07. The summed E-state index contributed by atoms with van der Waals surface area (Å²) in [6, 6.07) is 19.4. The lowest BCUT2D eigenvalue weighted by atomic mass is 10.0. The van der Waals surface area contributed by atoms with E-state index in [1.54, 1.807) is 7.11 Å². The van der Waals surface area contributed by atoms with E-state index >= 15 is 0 Å². The quantitative estimate of drug-likeness (QED) is 0.271. The molecular weight excluding hydrogens is 530 g/mol. The third-order valence-corrected chi connectivity index (χ3v) is 7.95. The summed E-state index contributed by atoms with van der Waals surface area (Å²) in [5.74, 6) is 0. The molecule has 2 aliphatic rings. The van der Waals surface area contributed by atoms with Gasteiger partial charge < -0.3 is 23.7 Å². The predicted molar refractivity (Wildman–Crippen MR) is 150 cm³/mol. The minimum atomic E-state index is -0.125. The van der Waals surface area contributed by atoms with Gasteiger partial charge in [0.05, 0.1) is 60.8 Å². The van der Waals surface area contributed by atoms with Crippen molar-refractivity contribution < 1.29 is 14.2 Å². The SMILES string of the molecule is CO[C@@H](C)c1ncc(N2CCOCC2)cc1-c1cc2cc(Br)cc3c2n1CC(OCc1ccccc1)C3. The minimum absolute atomic E-state index is 0.0787. The number of morpholine rings is 1. The van der Waals surface area contributed by atoms with Gasteiger partial charge >= 0.3 is 0 Å². The third kappa shape index (κ3) is 4.93. The van der Waals surface area contributed by atoms with Crippen molar-refractivity contribution in [3.05, 3.63) is 82.1 Å². The largest absolute Gasteiger partial charge is 0.378 e. The highest BCUT2D eigenvalue weighted by Gasteiger charge is 2.27. The van der Waals surface area contributed by atoms with Gasteiger partial charge in [0, 0.05) is 48.6 Å². The van der Waals surface area contributed by atoms with Crippen LogP contribution < -0.4 is 4.90 Å². The van der Waals surface area contributed by atoms with Crippen molar-refractivity contribution in [3.63, 3.8) is 0 Å². The molecule has 4 aromatic rings. The molecule has 2 aromatic heterocycles. The highest BCUT2D eigenvalue weighted by molar-refractivity contribution is 9.10. The molecule has 7 heteroatoms. The van der Waals surface area contributed by atoms with Crippen LogP contribution in [0.5, 0.6) is 0 Å². The summed E-state index contributed by atoms with van der Waals surface area (Å²) in [7, 11) is 1.74. The van der Waals surface area contributed by atoms with Crippen molar-refractivity contribution in [2.24, 2.45) is 0 Å². The topological polar surface area (TPSA) is 48.8 Å². The second-order valence-electron chi connectivity index (χ2n) is 9.87. The van der Waals surface area contributed by atoms with E-state index in [0.29, 0.717) is 6.61 Å². The van der Waals surface area contributed by atoms with Crippen LogP contribution in [0.1, 0.15) is 29.8 Å². The minimum Gasteiger partial charge on any atom is -0.378 e. The molecule has 37 heavy (non-hydrogen) atoms. The van der Waals surface area contributed by atoms with Crippen LogP contribution in [-0.2, 0) is 33.8 Å². The smallest absolute Gasteiger partial charge is 0.0969 e. The summed E-state index contributed by atoms with van der Waals surface area (Å²) in [6.45, 7) is 6.68. The van der Waals surface area contributed by atoms with Crippen LogP contribution in [0.25, 0.3) is 22.2 Å². The van der Waals surface area contributed by atoms with E-state index in [9.17, 15) is 0 Å². The Balaban J connectivity index is 1.43. The first kappa shape index (κ1) is 24.6. The number of hydrogen-bond acceptors (Lipinski definition) is 5. The van der Waals surface area contributed by atoms with E-state index in [-0.39, 0.29) is 12.2 Å². The lowest BCUT2D eigenvalue weighted by Gasteiger charge is -2.30. The van der Waals surface area contributed by atoms with E-state index in [4.69, 9.17) is 19.2 Å². The van der Waals surface area contributed by atoms with Crippen LogP contribution in [0.2, 0.25) is 0 Å². The van der Waals surface area contributed by atoms with Gasteiger partial charge in [-0.25, -0.2) is 0 Å². The van der Waals surface area contributed by atoms with Gasteiger partial charge in [-0.15, -0.1) is 0 Å². The Kier molecular flexibility index (Phi) is 7.04. The van der Waals surface area contributed by atoms with Gasteiger partial charge in [0.2, 0.25) is 0 Å². The molecule has 2 atom stereocenters. The van der Waals surface area contributed by atoms with Crippen molar-refractivity contribution in [1.82, 2.24) is 9.55 Å². The Bertz CT molecular complexity index is 1400. The van der Waals surface area contributed by atoms with E-state index in [2.05, 4.69) is 80.9 Å². The molecule has 0 aliphatic carbocycles. The lowest BCUT2D eigenvalue weighted by molar-refractivity contribution is 0.0281. The molecule has 2 aliphatic heterocycles. The summed E-state index contributed by atoms with van der Waals surface area (Å²) >= 11 is 3.75. The number of benzene rings is 2. The van der Waals surface area contributed by atoms with Gasteiger partial charge in [0.25, 0.3) is 0 Å². The molecule has 0 bridgehead atoms. The Morgan fingerprint density at radius 2 is 1.92 bits per heavy atom. The number of methoxy groups -OCH3 is 1. The molecule has 2 aromatic carbocycles. The van der Waals surface area contributed by atoms with E-state index in [1.165, 1.54) is 22.0 Å². The van der Waals surface area contributed by atoms with Crippen LogP contribution in [0.4, 0.5) is 5.69 Å². The van der Waals surface area contributed by atoms with Crippen LogP contribution in [0.15, 0.2) is 65.3 Å². The second-order valence-corrected chi connectivity index (χ2v) is 10.8. The molecule has 0 N–H and O–H groups in total. The maximum absolute atomic E-state index is 6.48. The molecule has 1 saturated heterocycles. The lowest BCUT2D eigenvalue weighted by Crippen LogP contribution is -2.36. The first-order valence-corrected chi connectivity index (χ1v) is 13.7. The number of anilines is 1. The Morgan fingerprint density at radius 3 is 2.70 bits per heavy atom. The Labute approximate surface area is 226 Å². The fourth-order valence-electron chi connectivity index (χ4n) is 5.54. The zero-order chi connectivity index (χ0) is 25.4. The first-order valence-electron chi connectivity index (χ1n) is 12.9. The average molecular weight is 563 g/mol. The summed E-state index contributed by atoms with van der Waals surface area (Å²) in [6.07, 6.45) is 2.82. The molecule has 6 nitrogen and oxygen atoms in total. The van der Waals surface area contributed by atoms with E-state index < -0.39 is 0 Å². The maximum atomic E-state index is 6.48. The number of ether oxygens (including phenoxy) is 3. The molecule has 1 unspecified atom stereocenters. The van der Waals surface area contributed by atoms with Crippen LogP contribution in [-0.4, -0.2) is 49.1 Å². The molecule has 192 valence electrons. The summed E-state index contributed by atoms with van der Waals surface area (Å²) in [4.78, 5) is 7.29. The molecule has 4 heterocycles. The molecule has 6 rings (SSSR count). The van der Waals surface area contributed by atoms with Crippen molar-refractivity contribution in [3.8, 4) is 11.3 Å². The van der Waals surface area contributed by atoms with Crippen LogP contribution in [0, 0.1) is 0 Å². The van der Waals surface area contributed by atoms with E-state index in [0.717, 1.165) is 66.4 Å². The zero-order valence-electron chi connectivity index (χ0n) is 21.3. The summed E-state index contributed by atoms with van der Waals surface area (Å²) in [5, 5.41) is 1.23. The monoisotopic (exact) mass is 561 g/mol. The van der Waals surface area contributed by atoms with Crippen molar-refractivity contribution >= 4 is 32.5 Å². The Hall–Kier alpha value is -2.71. The van der Waals surface area contributed by atoms with Gasteiger partial charge in [-0.3, -0.25) is 4.98 Å². The van der Waals surface area contributed by atoms with E-state index in [1.807, 2.05) is 12.3 Å². The first-order chi connectivity index (χ1) is 18.1. The molecule has 0 spiro atoms. The summed E-state index contributed by atoms with van der Waals surface area (Å²) in [5.41, 5.74) is 8.12. The maximum Gasteiger partial charge on any atom is 0.0969 e. The number of hydrogen-bond donors (Lipinski definition) is 0. The third-order valence-electron chi connectivity index (χ3n) is 7.49. The molecule has 0 amide bonds. The zero-order valence-corrected chi connectivity index (χ0v) is 22.9. The number of aromatic nitrogens is 2. The van der Waals surface area contributed by atoms with Crippen LogP contribution >= 0.6 is 15.9 Å². The summed E-state index contributed by atoms with van der Waals surface area (Å²) < 4.78 is 21.3. The van der Waals surface area contributed by atoms with Crippen LogP contribution in [0.3, 0.4) is 0 Å². The molecule has 0 saturated carbocycles. The Morgan fingerprint density at radius 1 is 1.11 bits per heavy atom. The number of nitrogens with zero attached hydrogens (tertiary/aromatic N) is 3. The predicted octanol–water partition coefficient (Wildman–Crippen LogP) is 6.15. The van der Waals surface area contributed by atoms with Crippen molar-refractivity contribution in [2.45, 2.75) is 38.7 Å². The molecule has 1 fully saturated rings. The average Bonchev–Trinajstić information content (AvgIpc) is 3.30. The number of halogens is 1. The molecular formula is C30H32BrN3O3.